The first-order chi connectivity index (χ1) is 25.3. The quantitative estimate of drug-likeness (QED) is 0.120. The van der Waals surface area contributed by atoms with Crippen LogP contribution in [-0.4, -0.2) is 82.0 Å². The molecule has 0 unspecified atom stereocenters. The number of carboxylic acids is 1. The first-order valence-corrected chi connectivity index (χ1v) is 17.3. The number of aromatic amines is 1. The van der Waals surface area contributed by atoms with Gasteiger partial charge in [-0.15, -0.1) is 10.2 Å². The Bertz CT molecular complexity index is 1860. The molecule has 0 bridgehead atoms. The van der Waals surface area contributed by atoms with E-state index in [9.17, 15) is 24.3 Å². The smallest absolute Gasteiger partial charge is 0.407 e. The van der Waals surface area contributed by atoms with Crippen LogP contribution < -0.4 is 25.4 Å². The summed E-state index contributed by atoms with van der Waals surface area (Å²) in [6.45, 7) is 5.90. The van der Waals surface area contributed by atoms with Crippen LogP contribution in [-0.2, 0) is 20.7 Å². The van der Waals surface area contributed by atoms with E-state index in [0.29, 0.717) is 59.1 Å². The molecular weight excluding hydrogens is 682 g/mol. The molecule has 1 aliphatic rings. The Morgan fingerprint density at radius 1 is 0.906 bits per heavy atom. The molecule has 1 saturated carbocycles. The van der Waals surface area contributed by atoms with E-state index in [1.54, 1.807) is 24.3 Å². The van der Waals surface area contributed by atoms with Crippen LogP contribution in [0, 0.1) is 11.8 Å². The van der Waals surface area contributed by atoms with E-state index in [1.165, 1.54) is 26.4 Å². The second-order valence-electron chi connectivity index (χ2n) is 13.9. The van der Waals surface area contributed by atoms with Gasteiger partial charge in [-0.1, -0.05) is 24.3 Å². The third-order valence-corrected chi connectivity index (χ3v) is 8.98. The molecule has 0 spiro atoms. The van der Waals surface area contributed by atoms with Gasteiger partial charge in [0.25, 0.3) is 0 Å². The number of benzene rings is 3. The average Bonchev–Trinajstić information content (AvgIpc) is 3.68. The molecule has 1 atom stereocenters. The topological polar surface area (TPSA) is 207 Å². The standard InChI is InChI=1S/C38H45N7O8/c1-38(2,3)53-37(50)39-21-23-8-12-26(13-9-23)34(46)41-29(35(47)40-28-16-14-25(15-17-28)33-42-44-45-43-33)18-22-6-10-24(11-7-22)32-30(51-4)19-27(36(48)49)20-31(32)52-5/h6-7,10-11,14-17,19-20,23,26,29H,8-9,12-13,18,21H2,1-5H3,(H,39,50)(H,40,47)(H,41,46)(H,48,49)(H,42,43,44,45)/t23-,26-,29-/m0/s1. The number of carbonyl (C=O) groups excluding carboxylic acids is 3. The fourth-order valence-electron chi connectivity index (χ4n) is 6.25. The summed E-state index contributed by atoms with van der Waals surface area (Å²) < 4.78 is 16.4. The SMILES string of the molecule is COc1cc(C(=O)O)cc(OC)c1-c1ccc(C[C@H](NC(=O)[C@H]2CC[C@H](CNC(=O)OC(C)(C)C)CC2)C(=O)Nc2ccc(-c3nn[nH]n3)cc2)cc1. The molecule has 1 aliphatic carbocycles. The van der Waals surface area contributed by atoms with Gasteiger partial charge in [-0.25, -0.2) is 9.59 Å². The van der Waals surface area contributed by atoms with E-state index in [1.807, 2.05) is 45.0 Å². The number of methoxy groups -OCH3 is 2. The van der Waals surface area contributed by atoms with Gasteiger partial charge in [0.2, 0.25) is 17.6 Å². The summed E-state index contributed by atoms with van der Waals surface area (Å²) >= 11 is 0. The third-order valence-electron chi connectivity index (χ3n) is 8.98. The highest BCUT2D eigenvalue weighted by molar-refractivity contribution is 5.98. The molecule has 53 heavy (non-hydrogen) atoms. The number of aromatic nitrogens is 4. The van der Waals surface area contributed by atoms with Gasteiger partial charge < -0.3 is 35.3 Å². The first-order valence-electron chi connectivity index (χ1n) is 17.3. The van der Waals surface area contributed by atoms with Crippen molar-refractivity contribution >= 4 is 29.6 Å². The zero-order chi connectivity index (χ0) is 38.1. The van der Waals surface area contributed by atoms with E-state index in [2.05, 4.69) is 36.6 Å². The van der Waals surface area contributed by atoms with Crippen molar-refractivity contribution < 1.29 is 38.5 Å². The van der Waals surface area contributed by atoms with Gasteiger partial charge in [0.1, 0.15) is 23.1 Å². The van der Waals surface area contributed by atoms with Crippen LogP contribution in [0.25, 0.3) is 22.5 Å². The summed E-state index contributed by atoms with van der Waals surface area (Å²) in [5.74, 6) is -0.691. The Labute approximate surface area is 307 Å². The Morgan fingerprint density at radius 2 is 1.53 bits per heavy atom. The van der Waals surface area contributed by atoms with E-state index in [-0.39, 0.29) is 29.7 Å². The number of nitrogens with zero attached hydrogens (tertiary/aromatic N) is 3. The van der Waals surface area contributed by atoms with Crippen molar-refractivity contribution in [1.82, 2.24) is 31.3 Å². The van der Waals surface area contributed by atoms with Gasteiger partial charge in [0.15, 0.2) is 0 Å². The molecule has 3 aromatic carbocycles. The van der Waals surface area contributed by atoms with Crippen molar-refractivity contribution in [3.05, 3.63) is 71.8 Å². The molecule has 280 valence electrons. The number of hydrogen-bond donors (Lipinski definition) is 5. The molecule has 0 saturated heterocycles. The highest BCUT2D eigenvalue weighted by atomic mass is 16.6. The second kappa shape index (κ2) is 17.0. The lowest BCUT2D eigenvalue weighted by atomic mass is 9.81. The maximum absolute atomic E-state index is 13.8. The number of amides is 3. The van der Waals surface area contributed by atoms with Gasteiger partial charge >= 0.3 is 12.1 Å². The predicted octanol–water partition coefficient (Wildman–Crippen LogP) is 5.25. The van der Waals surface area contributed by atoms with Gasteiger partial charge in [-0.05, 0) is 105 Å². The number of rotatable bonds is 13. The number of anilines is 1. The molecule has 3 amide bonds. The molecule has 15 heteroatoms. The summed E-state index contributed by atoms with van der Waals surface area (Å²) in [4.78, 5) is 51.2. The van der Waals surface area contributed by atoms with Crippen LogP contribution >= 0.6 is 0 Å². The minimum atomic E-state index is -1.11. The number of carbonyl (C=O) groups is 4. The highest BCUT2D eigenvalue weighted by Gasteiger charge is 2.30. The summed E-state index contributed by atoms with van der Waals surface area (Å²) in [5.41, 5.74) is 2.75. The monoisotopic (exact) mass is 727 g/mol. The Kier molecular flexibility index (Phi) is 12.3. The Hall–Kier alpha value is -5.99. The number of hydrogen-bond acceptors (Lipinski definition) is 10. The zero-order valence-corrected chi connectivity index (χ0v) is 30.4. The van der Waals surface area contributed by atoms with Gasteiger partial charge in [0.05, 0.1) is 25.3 Å². The van der Waals surface area contributed by atoms with Crippen molar-refractivity contribution in [2.75, 3.05) is 26.1 Å². The van der Waals surface area contributed by atoms with Crippen molar-refractivity contribution in [2.45, 2.75) is 64.5 Å². The number of carboxylic acid groups (broad SMARTS) is 1. The van der Waals surface area contributed by atoms with Crippen LogP contribution in [0.1, 0.15) is 62.4 Å². The van der Waals surface area contributed by atoms with Crippen molar-refractivity contribution in [2.24, 2.45) is 11.8 Å². The maximum Gasteiger partial charge on any atom is 0.407 e. The molecule has 5 rings (SSSR count). The lowest BCUT2D eigenvalue weighted by Crippen LogP contribution is -2.48. The minimum Gasteiger partial charge on any atom is -0.496 e. The molecule has 1 fully saturated rings. The van der Waals surface area contributed by atoms with Gasteiger partial charge in [-0.3, -0.25) is 9.59 Å². The van der Waals surface area contributed by atoms with Crippen molar-refractivity contribution in [3.8, 4) is 34.0 Å². The summed E-state index contributed by atoms with van der Waals surface area (Å²) in [5, 5.41) is 32.2. The minimum absolute atomic E-state index is 0.0269. The number of alkyl carbamates (subject to hydrolysis) is 1. The third kappa shape index (κ3) is 10.3. The van der Waals surface area contributed by atoms with Crippen LogP contribution in [0.15, 0.2) is 60.7 Å². The summed E-state index contributed by atoms with van der Waals surface area (Å²) in [6.07, 6.45) is 2.48. The fraction of sp³-hybridized carbons (Fsp3) is 0.395. The molecular formula is C38H45N7O8. The molecule has 0 radical (unpaired) electrons. The molecule has 1 heterocycles. The fourth-order valence-corrected chi connectivity index (χ4v) is 6.25. The van der Waals surface area contributed by atoms with Gasteiger partial charge in [0, 0.05) is 30.1 Å². The number of H-pyrrole nitrogens is 1. The number of ether oxygens (including phenoxy) is 3. The molecule has 5 N–H and O–H groups in total. The van der Waals surface area contributed by atoms with Crippen LogP contribution in [0.4, 0.5) is 10.5 Å². The van der Waals surface area contributed by atoms with E-state index in [4.69, 9.17) is 14.2 Å². The Balaban J connectivity index is 1.29. The molecule has 15 nitrogen and oxygen atoms in total. The highest BCUT2D eigenvalue weighted by Crippen LogP contribution is 2.40. The summed E-state index contributed by atoms with van der Waals surface area (Å²) in [7, 11) is 2.91. The van der Waals surface area contributed by atoms with Crippen molar-refractivity contribution in [1.29, 1.82) is 0 Å². The predicted molar refractivity (Wildman–Crippen MR) is 196 cm³/mol. The Morgan fingerprint density at radius 3 is 2.08 bits per heavy atom. The normalized spacial score (nSPS) is 16.2. The first kappa shape index (κ1) is 38.2. The molecule has 1 aromatic heterocycles. The van der Waals surface area contributed by atoms with E-state index >= 15 is 0 Å². The second-order valence-corrected chi connectivity index (χ2v) is 13.9. The number of tetrazole rings is 1. The zero-order valence-electron chi connectivity index (χ0n) is 30.4. The lowest BCUT2D eigenvalue weighted by Gasteiger charge is -2.29. The molecule has 0 aliphatic heterocycles. The lowest BCUT2D eigenvalue weighted by molar-refractivity contribution is -0.130. The maximum atomic E-state index is 13.8. The summed E-state index contributed by atoms with van der Waals surface area (Å²) in [6, 6.07) is 16.3. The molecule has 4 aromatic rings. The number of nitrogens with one attached hydrogen (secondary N) is 4. The van der Waals surface area contributed by atoms with E-state index in [0.717, 1.165) is 18.4 Å². The largest absolute Gasteiger partial charge is 0.496 e. The average molecular weight is 728 g/mol. The van der Waals surface area contributed by atoms with Gasteiger partial charge in [-0.2, -0.15) is 5.21 Å². The van der Waals surface area contributed by atoms with Crippen LogP contribution in [0.2, 0.25) is 0 Å². The van der Waals surface area contributed by atoms with Crippen molar-refractivity contribution in [3.63, 3.8) is 0 Å². The van der Waals surface area contributed by atoms with Crippen LogP contribution in [0.5, 0.6) is 11.5 Å². The van der Waals surface area contributed by atoms with Crippen LogP contribution in [0.3, 0.4) is 0 Å². The number of aromatic carboxylic acids is 1. The van der Waals surface area contributed by atoms with E-state index < -0.39 is 29.6 Å².